The van der Waals surface area contributed by atoms with Crippen LogP contribution < -0.4 is 5.32 Å². The average molecular weight is 332 g/mol. The summed E-state index contributed by atoms with van der Waals surface area (Å²) in [7, 11) is 0. The molecule has 5 nitrogen and oxygen atoms in total. The quantitative estimate of drug-likeness (QED) is 0.755. The zero-order valence-electron chi connectivity index (χ0n) is 14.0. The first-order valence-corrected chi connectivity index (χ1v) is 8.86. The second-order valence-electron chi connectivity index (χ2n) is 5.28. The minimum Gasteiger partial charge on any atom is -0.351 e. The molecule has 0 atom stereocenters. The first kappa shape index (κ1) is 17.6. The Kier molecular flexibility index (Phi) is 6.67. The highest BCUT2D eigenvalue weighted by Gasteiger charge is 2.16. The maximum atomic E-state index is 12.3. The number of rotatable bonds is 8. The third kappa shape index (κ3) is 4.84. The van der Waals surface area contributed by atoms with Gasteiger partial charge in [0.2, 0.25) is 0 Å². The van der Waals surface area contributed by atoms with Crippen molar-refractivity contribution in [3.05, 3.63) is 35.0 Å². The first-order valence-electron chi connectivity index (χ1n) is 8.05. The van der Waals surface area contributed by atoms with Crippen molar-refractivity contribution >= 4 is 17.2 Å². The first-order chi connectivity index (χ1) is 11.2. The number of aryl methyl sites for hydroxylation is 1. The van der Waals surface area contributed by atoms with E-state index in [-0.39, 0.29) is 5.91 Å². The molecule has 0 radical (unpaired) electrons. The van der Waals surface area contributed by atoms with E-state index in [9.17, 15) is 4.79 Å². The molecule has 1 N–H and O–H groups in total. The van der Waals surface area contributed by atoms with Gasteiger partial charge in [0.25, 0.3) is 5.91 Å². The van der Waals surface area contributed by atoms with Crippen LogP contribution in [0.4, 0.5) is 0 Å². The van der Waals surface area contributed by atoms with E-state index in [4.69, 9.17) is 0 Å². The Bertz CT molecular complexity index is 623. The van der Waals surface area contributed by atoms with Crippen LogP contribution in [0.1, 0.15) is 35.6 Å². The van der Waals surface area contributed by atoms with Crippen molar-refractivity contribution < 1.29 is 4.79 Å². The maximum Gasteiger partial charge on any atom is 0.263 e. The van der Waals surface area contributed by atoms with Crippen LogP contribution in [0.25, 0.3) is 10.7 Å². The second-order valence-corrected chi connectivity index (χ2v) is 6.28. The number of nitrogens with zero attached hydrogens (tertiary/aromatic N) is 3. The van der Waals surface area contributed by atoms with Gasteiger partial charge in [-0.25, -0.2) is 4.98 Å². The highest BCUT2D eigenvalue weighted by molar-refractivity contribution is 7.17. The van der Waals surface area contributed by atoms with Gasteiger partial charge in [-0.05, 0) is 45.1 Å². The predicted octanol–water partition coefficient (Wildman–Crippen LogP) is 2.98. The van der Waals surface area contributed by atoms with Gasteiger partial charge in [0.1, 0.15) is 9.88 Å². The van der Waals surface area contributed by atoms with Crippen LogP contribution in [0, 0.1) is 6.92 Å². The van der Waals surface area contributed by atoms with Gasteiger partial charge >= 0.3 is 0 Å². The van der Waals surface area contributed by atoms with Gasteiger partial charge in [0.15, 0.2) is 0 Å². The Hall–Kier alpha value is -1.79. The molecule has 1 amide bonds. The van der Waals surface area contributed by atoms with E-state index in [0.29, 0.717) is 11.4 Å². The lowest BCUT2D eigenvalue weighted by atomic mass is 10.3. The summed E-state index contributed by atoms with van der Waals surface area (Å²) >= 11 is 1.40. The number of hydrogen-bond acceptors (Lipinski definition) is 5. The van der Waals surface area contributed by atoms with E-state index in [1.54, 1.807) is 6.20 Å². The van der Waals surface area contributed by atoms with E-state index in [1.165, 1.54) is 11.3 Å². The molecule has 0 aliphatic rings. The molecule has 2 aromatic rings. The number of carbonyl (C=O) groups is 1. The second kappa shape index (κ2) is 8.74. The van der Waals surface area contributed by atoms with Crippen molar-refractivity contribution in [3.8, 4) is 10.7 Å². The van der Waals surface area contributed by atoms with Crippen molar-refractivity contribution in [1.29, 1.82) is 0 Å². The summed E-state index contributed by atoms with van der Waals surface area (Å²) in [6.45, 7) is 9.97. The van der Waals surface area contributed by atoms with Crippen LogP contribution in [-0.4, -0.2) is 47.0 Å². The van der Waals surface area contributed by atoms with Crippen molar-refractivity contribution in [2.45, 2.75) is 27.2 Å². The van der Waals surface area contributed by atoms with Crippen LogP contribution in [-0.2, 0) is 0 Å². The number of carbonyl (C=O) groups excluding carboxylic acids is 1. The zero-order valence-corrected chi connectivity index (χ0v) is 14.8. The van der Waals surface area contributed by atoms with Gasteiger partial charge in [-0.3, -0.25) is 9.78 Å². The maximum absolute atomic E-state index is 12.3. The molecule has 0 unspecified atom stereocenters. The summed E-state index contributed by atoms with van der Waals surface area (Å²) in [5, 5.41) is 3.78. The molecule has 0 bridgehead atoms. The molecule has 0 spiro atoms. The fourth-order valence-electron chi connectivity index (χ4n) is 2.33. The summed E-state index contributed by atoms with van der Waals surface area (Å²) in [6.07, 6.45) is 2.69. The Morgan fingerprint density at radius 3 is 2.74 bits per heavy atom. The minimum atomic E-state index is -0.0401. The molecule has 0 fully saturated rings. The number of nitrogens with one attached hydrogen (secondary N) is 1. The average Bonchev–Trinajstić information content (AvgIpc) is 2.97. The summed E-state index contributed by atoms with van der Waals surface area (Å²) in [6, 6.07) is 5.70. The Balaban J connectivity index is 1.91. The Morgan fingerprint density at radius 1 is 1.30 bits per heavy atom. The third-order valence-electron chi connectivity index (χ3n) is 3.72. The standard InChI is InChI=1S/C17H24N4OS/c1-4-21(5-2)12-8-11-19-16(22)15-13(3)20-17(23-15)14-9-6-7-10-18-14/h6-7,9-10H,4-5,8,11-12H2,1-3H3,(H,19,22). The minimum absolute atomic E-state index is 0.0401. The van der Waals surface area contributed by atoms with Crippen molar-refractivity contribution in [2.75, 3.05) is 26.2 Å². The highest BCUT2D eigenvalue weighted by atomic mass is 32.1. The molecular formula is C17H24N4OS. The van der Waals surface area contributed by atoms with Gasteiger partial charge in [-0.2, -0.15) is 0 Å². The fraction of sp³-hybridized carbons (Fsp3) is 0.471. The molecule has 0 aliphatic carbocycles. The fourth-order valence-corrected chi connectivity index (χ4v) is 3.29. The normalized spacial score (nSPS) is 11.0. The number of amides is 1. The summed E-state index contributed by atoms with van der Waals surface area (Å²) in [5.74, 6) is -0.0401. The van der Waals surface area contributed by atoms with Gasteiger partial charge in [-0.15, -0.1) is 11.3 Å². The lowest BCUT2D eigenvalue weighted by molar-refractivity contribution is 0.0955. The molecule has 2 heterocycles. The van der Waals surface area contributed by atoms with Crippen molar-refractivity contribution in [2.24, 2.45) is 0 Å². The van der Waals surface area contributed by atoms with E-state index in [2.05, 4.69) is 34.0 Å². The van der Waals surface area contributed by atoms with Crippen LogP contribution >= 0.6 is 11.3 Å². The molecule has 0 saturated carbocycles. The van der Waals surface area contributed by atoms with E-state index < -0.39 is 0 Å². The number of hydrogen-bond donors (Lipinski definition) is 1. The number of aromatic nitrogens is 2. The lowest BCUT2D eigenvalue weighted by Gasteiger charge is -2.17. The summed E-state index contributed by atoms with van der Waals surface area (Å²) in [5.41, 5.74) is 1.57. The summed E-state index contributed by atoms with van der Waals surface area (Å²) in [4.78, 5) is 24.1. The molecule has 2 aromatic heterocycles. The lowest BCUT2D eigenvalue weighted by Crippen LogP contribution is -2.29. The molecular weight excluding hydrogens is 308 g/mol. The number of pyridine rings is 1. The molecule has 2 rings (SSSR count). The van der Waals surface area contributed by atoms with Crippen molar-refractivity contribution in [1.82, 2.24) is 20.2 Å². The van der Waals surface area contributed by atoms with Crippen LogP contribution in [0.3, 0.4) is 0 Å². The van der Waals surface area contributed by atoms with Gasteiger partial charge in [0, 0.05) is 12.7 Å². The third-order valence-corrected chi connectivity index (χ3v) is 4.90. The molecule has 23 heavy (non-hydrogen) atoms. The van der Waals surface area contributed by atoms with Gasteiger partial charge < -0.3 is 10.2 Å². The van der Waals surface area contributed by atoms with Crippen LogP contribution in [0.2, 0.25) is 0 Å². The molecule has 0 saturated heterocycles. The largest absolute Gasteiger partial charge is 0.351 e. The van der Waals surface area contributed by atoms with Crippen LogP contribution in [0.15, 0.2) is 24.4 Å². The molecule has 0 aliphatic heterocycles. The van der Waals surface area contributed by atoms with E-state index in [1.807, 2.05) is 25.1 Å². The molecule has 6 heteroatoms. The molecule has 124 valence electrons. The van der Waals surface area contributed by atoms with E-state index >= 15 is 0 Å². The van der Waals surface area contributed by atoms with Crippen molar-refractivity contribution in [3.63, 3.8) is 0 Å². The predicted molar refractivity (Wildman–Crippen MR) is 94.8 cm³/mol. The smallest absolute Gasteiger partial charge is 0.263 e. The monoisotopic (exact) mass is 332 g/mol. The SMILES string of the molecule is CCN(CC)CCCNC(=O)c1sc(-c2ccccn2)nc1C. The highest BCUT2D eigenvalue weighted by Crippen LogP contribution is 2.26. The Labute approximate surface area is 141 Å². The van der Waals surface area contributed by atoms with Gasteiger partial charge in [-0.1, -0.05) is 19.9 Å². The van der Waals surface area contributed by atoms with E-state index in [0.717, 1.165) is 42.5 Å². The number of thiazole rings is 1. The van der Waals surface area contributed by atoms with Gasteiger partial charge in [0.05, 0.1) is 11.4 Å². The summed E-state index contributed by atoms with van der Waals surface area (Å²) < 4.78 is 0. The zero-order chi connectivity index (χ0) is 16.7. The topological polar surface area (TPSA) is 58.1 Å². The Morgan fingerprint density at radius 2 is 2.09 bits per heavy atom. The van der Waals surface area contributed by atoms with Crippen LogP contribution in [0.5, 0.6) is 0 Å². The molecule has 0 aromatic carbocycles.